The third kappa shape index (κ3) is 3.38. The molecule has 6 heteroatoms. The summed E-state index contributed by atoms with van der Waals surface area (Å²) >= 11 is 8.76. The van der Waals surface area contributed by atoms with Gasteiger partial charge < -0.3 is 4.74 Å². The van der Waals surface area contributed by atoms with E-state index in [-0.39, 0.29) is 12.4 Å². The van der Waals surface area contributed by atoms with Gasteiger partial charge in [0.05, 0.1) is 0 Å². The van der Waals surface area contributed by atoms with Crippen molar-refractivity contribution in [2.45, 2.75) is 6.61 Å². The Labute approximate surface area is 111 Å². The van der Waals surface area contributed by atoms with E-state index in [1.165, 1.54) is 6.07 Å². The van der Waals surface area contributed by atoms with E-state index in [1.54, 1.807) is 24.3 Å². The SMILES string of the molecule is Fc1cc(Br)ccc1OCc1ccc(Cl)nn1. The first-order valence-electron chi connectivity index (χ1n) is 4.71. The minimum Gasteiger partial charge on any atom is -0.484 e. The van der Waals surface area contributed by atoms with Crippen LogP contribution in [0.3, 0.4) is 0 Å². The Morgan fingerprint density at radius 1 is 1.24 bits per heavy atom. The van der Waals surface area contributed by atoms with Crippen molar-refractivity contribution in [1.29, 1.82) is 0 Å². The molecule has 0 bridgehead atoms. The highest BCUT2D eigenvalue weighted by Gasteiger charge is 2.05. The Morgan fingerprint density at radius 2 is 2.06 bits per heavy atom. The van der Waals surface area contributed by atoms with Gasteiger partial charge in [-0.1, -0.05) is 27.5 Å². The highest BCUT2D eigenvalue weighted by atomic mass is 79.9. The Kier molecular flexibility index (Phi) is 3.91. The highest BCUT2D eigenvalue weighted by molar-refractivity contribution is 9.10. The molecule has 2 rings (SSSR count). The third-order valence-electron chi connectivity index (χ3n) is 1.96. The van der Waals surface area contributed by atoms with Gasteiger partial charge in [-0.25, -0.2) is 4.39 Å². The molecule has 0 saturated carbocycles. The van der Waals surface area contributed by atoms with Crippen molar-refractivity contribution in [3.05, 3.63) is 51.5 Å². The van der Waals surface area contributed by atoms with Crippen molar-refractivity contribution in [2.24, 2.45) is 0 Å². The molecule has 0 amide bonds. The monoisotopic (exact) mass is 316 g/mol. The van der Waals surface area contributed by atoms with Gasteiger partial charge >= 0.3 is 0 Å². The molecule has 0 aliphatic carbocycles. The maximum atomic E-state index is 13.4. The lowest BCUT2D eigenvalue weighted by Gasteiger charge is -2.06. The lowest BCUT2D eigenvalue weighted by Crippen LogP contribution is -2.00. The van der Waals surface area contributed by atoms with Crippen LogP contribution < -0.4 is 4.74 Å². The van der Waals surface area contributed by atoms with Crippen LogP contribution in [-0.2, 0) is 6.61 Å². The van der Waals surface area contributed by atoms with E-state index in [1.807, 2.05) is 0 Å². The second-order valence-corrected chi connectivity index (χ2v) is 4.51. The Morgan fingerprint density at radius 3 is 2.71 bits per heavy atom. The first-order chi connectivity index (χ1) is 8.15. The standard InChI is InChI=1S/C11H7BrClFN2O/c12-7-1-3-10(9(14)5-7)17-6-8-2-4-11(13)16-15-8/h1-5H,6H2. The first-order valence-corrected chi connectivity index (χ1v) is 5.88. The molecule has 1 heterocycles. The molecule has 0 unspecified atom stereocenters. The number of aromatic nitrogens is 2. The number of rotatable bonds is 3. The number of hydrogen-bond acceptors (Lipinski definition) is 3. The minimum absolute atomic E-state index is 0.142. The molecule has 1 aromatic carbocycles. The second kappa shape index (κ2) is 5.42. The minimum atomic E-state index is -0.429. The predicted octanol–water partition coefficient (Wildman–Crippen LogP) is 3.61. The van der Waals surface area contributed by atoms with E-state index >= 15 is 0 Å². The van der Waals surface area contributed by atoms with Crippen molar-refractivity contribution in [3.63, 3.8) is 0 Å². The molecule has 88 valence electrons. The number of benzene rings is 1. The predicted molar refractivity (Wildman–Crippen MR) is 65.5 cm³/mol. The van der Waals surface area contributed by atoms with E-state index in [4.69, 9.17) is 16.3 Å². The zero-order valence-electron chi connectivity index (χ0n) is 8.53. The molecule has 0 atom stereocenters. The fraction of sp³-hybridized carbons (Fsp3) is 0.0909. The third-order valence-corrected chi connectivity index (χ3v) is 2.65. The molecule has 0 aliphatic heterocycles. The van der Waals surface area contributed by atoms with Crippen molar-refractivity contribution in [2.75, 3.05) is 0 Å². The summed E-state index contributed by atoms with van der Waals surface area (Å²) in [6.45, 7) is 0.142. The van der Waals surface area contributed by atoms with Gasteiger partial charge in [0.2, 0.25) is 0 Å². The van der Waals surface area contributed by atoms with Crippen LogP contribution >= 0.6 is 27.5 Å². The van der Waals surface area contributed by atoms with Crippen LogP contribution in [0.5, 0.6) is 5.75 Å². The van der Waals surface area contributed by atoms with Crippen LogP contribution in [0.4, 0.5) is 4.39 Å². The fourth-order valence-corrected chi connectivity index (χ4v) is 1.60. The zero-order valence-corrected chi connectivity index (χ0v) is 10.9. The van der Waals surface area contributed by atoms with Crippen LogP contribution in [0.25, 0.3) is 0 Å². The molecule has 0 radical (unpaired) electrons. The number of ether oxygens (including phenoxy) is 1. The maximum absolute atomic E-state index is 13.4. The average Bonchev–Trinajstić information content (AvgIpc) is 2.30. The number of hydrogen-bond donors (Lipinski definition) is 0. The van der Waals surface area contributed by atoms with Gasteiger partial charge in [0.15, 0.2) is 16.7 Å². The van der Waals surface area contributed by atoms with Crippen molar-refractivity contribution in [1.82, 2.24) is 10.2 Å². The number of halogens is 3. The molecule has 0 N–H and O–H groups in total. The molecular weight excluding hydrogens is 310 g/mol. The summed E-state index contributed by atoms with van der Waals surface area (Å²) in [5, 5.41) is 7.77. The van der Waals surface area contributed by atoms with Crippen LogP contribution in [0.15, 0.2) is 34.8 Å². The lowest BCUT2D eigenvalue weighted by molar-refractivity contribution is 0.284. The van der Waals surface area contributed by atoms with Gasteiger partial charge in [-0.05, 0) is 30.3 Å². The summed E-state index contributed by atoms with van der Waals surface area (Å²) < 4.78 is 19.3. The second-order valence-electron chi connectivity index (χ2n) is 3.21. The van der Waals surface area contributed by atoms with Gasteiger partial charge in [-0.15, -0.1) is 5.10 Å². The summed E-state index contributed by atoms with van der Waals surface area (Å²) in [6.07, 6.45) is 0. The summed E-state index contributed by atoms with van der Waals surface area (Å²) in [4.78, 5) is 0. The molecule has 0 spiro atoms. The van der Waals surface area contributed by atoms with Crippen molar-refractivity contribution in [3.8, 4) is 5.75 Å². The van der Waals surface area contributed by atoms with E-state index in [9.17, 15) is 4.39 Å². The number of nitrogens with zero attached hydrogens (tertiary/aromatic N) is 2. The average molecular weight is 318 g/mol. The van der Waals surface area contributed by atoms with Gasteiger partial charge in [0.1, 0.15) is 12.3 Å². The van der Waals surface area contributed by atoms with Crippen LogP contribution in [0, 0.1) is 5.82 Å². The molecule has 1 aromatic heterocycles. The van der Waals surface area contributed by atoms with Crippen LogP contribution in [-0.4, -0.2) is 10.2 Å². The van der Waals surface area contributed by atoms with E-state index < -0.39 is 5.82 Å². The quantitative estimate of drug-likeness (QED) is 0.867. The first kappa shape index (κ1) is 12.3. The summed E-state index contributed by atoms with van der Waals surface area (Å²) in [7, 11) is 0. The van der Waals surface area contributed by atoms with Gasteiger partial charge in [-0.3, -0.25) is 0 Å². The molecule has 3 nitrogen and oxygen atoms in total. The van der Waals surface area contributed by atoms with E-state index in [2.05, 4.69) is 26.1 Å². The normalized spacial score (nSPS) is 10.3. The molecule has 2 aromatic rings. The topological polar surface area (TPSA) is 35.0 Å². The van der Waals surface area contributed by atoms with Gasteiger partial charge in [-0.2, -0.15) is 5.10 Å². The largest absolute Gasteiger partial charge is 0.484 e. The van der Waals surface area contributed by atoms with E-state index in [0.717, 1.165) is 0 Å². The molecular formula is C11H7BrClFN2O. The zero-order chi connectivity index (χ0) is 12.3. The summed E-state index contributed by atoms with van der Waals surface area (Å²) in [5.74, 6) is -0.258. The van der Waals surface area contributed by atoms with Crippen LogP contribution in [0.1, 0.15) is 5.69 Å². The summed E-state index contributed by atoms with van der Waals surface area (Å²) in [6, 6.07) is 7.86. The maximum Gasteiger partial charge on any atom is 0.166 e. The van der Waals surface area contributed by atoms with Crippen molar-refractivity contribution < 1.29 is 9.13 Å². The van der Waals surface area contributed by atoms with Crippen molar-refractivity contribution >= 4 is 27.5 Å². The summed E-state index contributed by atoms with van der Waals surface area (Å²) in [5.41, 5.74) is 0.580. The fourth-order valence-electron chi connectivity index (χ4n) is 1.16. The highest BCUT2D eigenvalue weighted by Crippen LogP contribution is 2.22. The molecule has 0 aliphatic rings. The van der Waals surface area contributed by atoms with Gasteiger partial charge in [0.25, 0.3) is 0 Å². The van der Waals surface area contributed by atoms with E-state index in [0.29, 0.717) is 15.3 Å². The molecule has 17 heavy (non-hydrogen) atoms. The Hall–Kier alpha value is -1.20. The van der Waals surface area contributed by atoms with Crippen LogP contribution in [0.2, 0.25) is 5.15 Å². The molecule has 0 fully saturated rings. The molecule has 0 saturated heterocycles. The smallest absolute Gasteiger partial charge is 0.166 e. The lowest BCUT2D eigenvalue weighted by atomic mass is 10.3. The Bertz CT molecular complexity index is 521. The Balaban J connectivity index is 2.04. The van der Waals surface area contributed by atoms with Gasteiger partial charge in [0, 0.05) is 4.47 Å².